The number of carbonyl (C=O) groups is 1. The summed E-state index contributed by atoms with van der Waals surface area (Å²) in [4.78, 5) is 17.8. The zero-order valence-electron chi connectivity index (χ0n) is 10.8. The summed E-state index contributed by atoms with van der Waals surface area (Å²) in [6.45, 7) is 1.80. The van der Waals surface area contributed by atoms with E-state index >= 15 is 0 Å². The van der Waals surface area contributed by atoms with Crippen LogP contribution in [0.1, 0.15) is 6.92 Å². The van der Waals surface area contributed by atoms with Crippen LogP contribution in [-0.4, -0.2) is 25.6 Å². The van der Waals surface area contributed by atoms with Crippen LogP contribution in [0.15, 0.2) is 53.1 Å². The quantitative estimate of drug-likeness (QED) is 0.744. The molecule has 0 heterocycles. The first-order valence-corrected chi connectivity index (χ1v) is 5.83. The van der Waals surface area contributed by atoms with Gasteiger partial charge in [0.2, 0.25) is 0 Å². The minimum absolute atomic E-state index is 0.0527. The van der Waals surface area contributed by atoms with Crippen LogP contribution < -0.4 is 4.90 Å². The fourth-order valence-corrected chi connectivity index (χ4v) is 1.68. The predicted molar refractivity (Wildman–Crippen MR) is 75.8 cm³/mol. The Morgan fingerprint density at radius 2 is 1.72 bits per heavy atom. The summed E-state index contributed by atoms with van der Waals surface area (Å²) in [5, 5.41) is 0. The lowest BCUT2D eigenvalue weighted by molar-refractivity contribution is -0.111. The smallest absolute Gasteiger partial charge is 0.181 e. The van der Waals surface area contributed by atoms with Gasteiger partial charge in [0, 0.05) is 19.8 Å². The maximum Gasteiger partial charge on any atom is 0.181 e. The van der Waals surface area contributed by atoms with Crippen LogP contribution in [-0.2, 0) is 4.79 Å². The van der Waals surface area contributed by atoms with Crippen molar-refractivity contribution in [1.29, 1.82) is 0 Å². The van der Waals surface area contributed by atoms with Gasteiger partial charge in [0.15, 0.2) is 5.78 Å². The molecular weight excluding hydrogens is 224 g/mol. The molecule has 1 aromatic rings. The van der Waals surface area contributed by atoms with Gasteiger partial charge in [0.25, 0.3) is 0 Å². The molecule has 0 saturated carbocycles. The Bertz CT molecular complexity index is 548. The molecule has 0 aliphatic heterocycles. The van der Waals surface area contributed by atoms with Crippen LogP contribution in [0, 0.1) is 0 Å². The Balaban J connectivity index is 2.24. The maximum absolute atomic E-state index is 11.3. The van der Waals surface area contributed by atoms with Crippen molar-refractivity contribution in [1.82, 2.24) is 0 Å². The lowest BCUT2D eigenvalue weighted by Crippen LogP contribution is -2.07. The molecule has 0 atom stereocenters. The van der Waals surface area contributed by atoms with E-state index < -0.39 is 0 Å². The predicted octanol–water partition coefficient (Wildman–Crippen LogP) is 2.91. The van der Waals surface area contributed by atoms with E-state index in [1.807, 2.05) is 49.3 Å². The highest BCUT2D eigenvalue weighted by molar-refractivity contribution is 6.19. The molecule has 0 bridgehead atoms. The number of carbonyl (C=O) groups excluding carboxylic acids is 1. The van der Waals surface area contributed by atoms with E-state index in [2.05, 4.69) is 4.99 Å². The first-order valence-electron chi connectivity index (χ1n) is 5.83. The van der Waals surface area contributed by atoms with Crippen LogP contribution in [0.4, 0.5) is 11.4 Å². The third-order valence-corrected chi connectivity index (χ3v) is 2.78. The highest BCUT2D eigenvalue weighted by atomic mass is 16.1. The van der Waals surface area contributed by atoms with E-state index in [-0.39, 0.29) is 5.78 Å². The second-order valence-electron chi connectivity index (χ2n) is 4.47. The summed E-state index contributed by atoms with van der Waals surface area (Å²) >= 11 is 0. The van der Waals surface area contributed by atoms with Crippen molar-refractivity contribution in [3.8, 4) is 0 Å². The van der Waals surface area contributed by atoms with Crippen LogP contribution in [0.25, 0.3) is 0 Å². The van der Waals surface area contributed by atoms with E-state index in [4.69, 9.17) is 0 Å². The molecule has 2 rings (SSSR count). The molecule has 18 heavy (non-hydrogen) atoms. The summed E-state index contributed by atoms with van der Waals surface area (Å²) < 4.78 is 0. The topological polar surface area (TPSA) is 32.7 Å². The molecule has 92 valence electrons. The number of anilines is 1. The van der Waals surface area contributed by atoms with Crippen molar-refractivity contribution in [3.63, 3.8) is 0 Å². The molecule has 1 aromatic carbocycles. The molecule has 1 aliphatic rings. The third-order valence-electron chi connectivity index (χ3n) is 2.78. The molecule has 1 aliphatic carbocycles. The second kappa shape index (κ2) is 5.00. The number of rotatable bonds is 2. The standard InChI is InChI=1S/C15H16N2O/c1-11-10-13(6-9-15(11)18)16-12-4-7-14(8-5-12)17(2)3/h4-10H,1-3H3. The number of hydrogen-bond donors (Lipinski definition) is 0. The third kappa shape index (κ3) is 2.74. The van der Waals surface area contributed by atoms with E-state index in [0.717, 1.165) is 22.7 Å². The Labute approximate surface area is 107 Å². The Morgan fingerprint density at radius 1 is 1.06 bits per heavy atom. The fraction of sp³-hybridized carbons (Fsp3) is 0.200. The molecule has 3 nitrogen and oxygen atoms in total. The lowest BCUT2D eigenvalue weighted by atomic mass is 10.1. The van der Waals surface area contributed by atoms with Gasteiger partial charge in [-0.05, 0) is 55.0 Å². The van der Waals surface area contributed by atoms with Crippen LogP contribution in [0.2, 0.25) is 0 Å². The van der Waals surface area contributed by atoms with Crippen molar-refractivity contribution < 1.29 is 4.79 Å². The van der Waals surface area contributed by atoms with Crippen LogP contribution in [0.3, 0.4) is 0 Å². The number of nitrogens with zero attached hydrogens (tertiary/aromatic N) is 2. The molecule has 3 heteroatoms. The number of ketones is 1. The highest BCUT2D eigenvalue weighted by Crippen LogP contribution is 2.19. The average molecular weight is 240 g/mol. The number of benzene rings is 1. The van der Waals surface area contributed by atoms with Gasteiger partial charge < -0.3 is 4.90 Å². The zero-order chi connectivity index (χ0) is 13.1. The summed E-state index contributed by atoms with van der Waals surface area (Å²) in [6.07, 6.45) is 5.11. The molecular formula is C15H16N2O. The summed E-state index contributed by atoms with van der Waals surface area (Å²) in [5.74, 6) is 0.0527. The average Bonchev–Trinajstić information content (AvgIpc) is 2.34. The molecule has 0 aromatic heterocycles. The molecule has 0 fully saturated rings. The van der Waals surface area contributed by atoms with E-state index in [9.17, 15) is 4.79 Å². The van der Waals surface area contributed by atoms with Crippen molar-refractivity contribution in [2.45, 2.75) is 6.92 Å². The van der Waals surface area contributed by atoms with Gasteiger partial charge in [0.1, 0.15) is 0 Å². The molecule has 0 N–H and O–H groups in total. The van der Waals surface area contributed by atoms with Crippen molar-refractivity contribution in [2.24, 2.45) is 4.99 Å². The van der Waals surface area contributed by atoms with E-state index in [0.29, 0.717) is 0 Å². The van der Waals surface area contributed by atoms with Gasteiger partial charge in [-0.25, -0.2) is 4.99 Å². The molecule has 0 amide bonds. The second-order valence-corrected chi connectivity index (χ2v) is 4.47. The minimum Gasteiger partial charge on any atom is -0.378 e. The monoisotopic (exact) mass is 240 g/mol. The molecule has 0 spiro atoms. The van der Waals surface area contributed by atoms with Crippen LogP contribution >= 0.6 is 0 Å². The van der Waals surface area contributed by atoms with Gasteiger partial charge >= 0.3 is 0 Å². The van der Waals surface area contributed by atoms with Crippen LogP contribution in [0.5, 0.6) is 0 Å². The number of aliphatic imine (C=N–C) groups is 1. The lowest BCUT2D eigenvalue weighted by Gasteiger charge is -2.11. The van der Waals surface area contributed by atoms with E-state index in [1.165, 1.54) is 0 Å². The molecule has 0 radical (unpaired) electrons. The summed E-state index contributed by atoms with van der Waals surface area (Å²) in [7, 11) is 4.00. The number of allylic oxidation sites excluding steroid dienone is 4. The number of hydrogen-bond acceptors (Lipinski definition) is 3. The normalized spacial score (nSPS) is 16.9. The minimum atomic E-state index is 0.0527. The maximum atomic E-state index is 11.3. The zero-order valence-corrected chi connectivity index (χ0v) is 10.8. The highest BCUT2D eigenvalue weighted by Gasteiger charge is 2.06. The van der Waals surface area contributed by atoms with Gasteiger partial charge in [0.05, 0.1) is 11.4 Å². The van der Waals surface area contributed by atoms with Crippen molar-refractivity contribution >= 4 is 22.9 Å². The SMILES string of the molecule is CC1=CC(=Nc2ccc(N(C)C)cc2)C=CC1=O. The molecule has 0 unspecified atom stereocenters. The van der Waals surface area contributed by atoms with Crippen molar-refractivity contribution in [2.75, 3.05) is 19.0 Å². The van der Waals surface area contributed by atoms with Gasteiger partial charge in [-0.1, -0.05) is 0 Å². The van der Waals surface area contributed by atoms with Gasteiger partial charge in [-0.15, -0.1) is 0 Å². The van der Waals surface area contributed by atoms with Crippen molar-refractivity contribution in [3.05, 3.63) is 48.1 Å². The fourth-order valence-electron chi connectivity index (χ4n) is 1.68. The summed E-state index contributed by atoms with van der Waals surface area (Å²) in [5.41, 5.74) is 3.56. The van der Waals surface area contributed by atoms with Gasteiger partial charge in [-0.3, -0.25) is 4.79 Å². The first kappa shape index (κ1) is 12.3. The summed E-state index contributed by atoms with van der Waals surface area (Å²) in [6, 6.07) is 7.98. The Hall–Kier alpha value is -2.16. The Kier molecular flexibility index (Phi) is 3.42. The largest absolute Gasteiger partial charge is 0.378 e. The van der Waals surface area contributed by atoms with E-state index in [1.54, 1.807) is 19.1 Å². The van der Waals surface area contributed by atoms with Gasteiger partial charge in [-0.2, -0.15) is 0 Å². The first-order chi connectivity index (χ1) is 8.56. The Morgan fingerprint density at radius 3 is 2.28 bits per heavy atom. The molecule has 0 saturated heterocycles.